The molecule has 1 N–H and O–H groups in total. The number of rotatable bonds is 4. The number of hydrogen-bond acceptors (Lipinski definition) is 5. The number of aromatic carboxylic acids is 1. The van der Waals surface area contributed by atoms with Gasteiger partial charge in [-0.2, -0.15) is 0 Å². The van der Waals surface area contributed by atoms with Gasteiger partial charge in [0.2, 0.25) is 5.88 Å². The van der Waals surface area contributed by atoms with Gasteiger partial charge in [-0.1, -0.05) is 6.07 Å². The molecule has 0 saturated carbocycles. The van der Waals surface area contributed by atoms with Crippen LogP contribution >= 0.6 is 22.6 Å². The molecule has 1 aromatic carbocycles. The van der Waals surface area contributed by atoms with Crippen LogP contribution in [0.1, 0.15) is 10.4 Å². The van der Waals surface area contributed by atoms with E-state index in [2.05, 4.69) is 9.97 Å². The first-order valence-electron chi connectivity index (χ1n) is 5.17. The smallest absolute Gasteiger partial charge is 0.339 e. The number of nitrogens with zero attached hydrogens (tertiary/aromatic N) is 2. The topological polar surface area (TPSA) is 81.5 Å². The largest absolute Gasteiger partial charge is 0.493 e. The van der Waals surface area contributed by atoms with Crippen molar-refractivity contribution in [3.05, 3.63) is 39.9 Å². The summed E-state index contributed by atoms with van der Waals surface area (Å²) in [5.74, 6) is -0.371. The third-order valence-corrected chi connectivity index (χ3v) is 3.00. The number of para-hydroxylation sites is 1. The van der Waals surface area contributed by atoms with Gasteiger partial charge in [-0.25, -0.2) is 14.8 Å². The molecule has 1 aromatic heterocycles. The van der Waals surface area contributed by atoms with Crippen molar-refractivity contribution < 1.29 is 19.4 Å². The molecular weight excluding hydrogens is 363 g/mol. The maximum absolute atomic E-state index is 11.2. The lowest BCUT2D eigenvalue weighted by Gasteiger charge is -2.12. The minimum Gasteiger partial charge on any atom is -0.493 e. The molecule has 0 fully saturated rings. The Kier molecular flexibility index (Phi) is 4.15. The Labute approximate surface area is 122 Å². The fourth-order valence-electron chi connectivity index (χ4n) is 1.42. The predicted molar refractivity (Wildman–Crippen MR) is 74.8 cm³/mol. The van der Waals surface area contributed by atoms with E-state index >= 15 is 0 Å². The third kappa shape index (κ3) is 2.92. The highest BCUT2D eigenvalue weighted by Crippen LogP contribution is 2.35. The summed E-state index contributed by atoms with van der Waals surface area (Å²) in [5.41, 5.74) is 0.00811. The van der Waals surface area contributed by atoms with Crippen LogP contribution in [-0.4, -0.2) is 28.2 Å². The van der Waals surface area contributed by atoms with Crippen molar-refractivity contribution >= 4 is 28.6 Å². The Morgan fingerprint density at radius 1 is 1.42 bits per heavy atom. The molecule has 0 amide bonds. The van der Waals surface area contributed by atoms with Crippen LogP contribution in [0.4, 0.5) is 0 Å². The number of carboxylic acids is 1. The summed E-state index contributed by atoms with van der Waals surface area (Å²) in [6.07, 6.45) is 2.89. The van der Waals surface area contributed by atoms with Gasteiger partial charge >= 0.3 is 5.97 Å². The number of carbonyl (C=O) groups is 1. The maximum Gasteiger partial charge on any atom is 0.339 e. The fraction of sp³-hybridized carbons (Fsp3) is 0.0833. The molecule has 98 valence electrons. The number of halogens is 1. The molecule has 2 rings (SSSR count). The normalized spacial score (nSPS) is 10.0. The molecule has 0 saturated heterocycles. The van der Waals surface area contributed by atoms with Crippen molar-refractivity contribution in [1.82, 2.24) is 9.97 Å². The van der Waals surface area contributed by atoms with Crippen LogP contribution in [0.25, 0.3) is 0 Å². The van der Waals surface area contributed by atoms with E-state index in [0.29, 0.717) is 9.32 Å². The SMILES string of the molecule is COc1cccc(C(=O)O)c1Oc1ncncc1I. The van der Waals surface area contributed by atoms with Crippen LogP contribution in [0.15, 0.2) is 30.7 Å². The van der Waals surface area contributed by atoms with Crippen molar-refractivity contribution in [3.63, 3.8) is 0 Å². The third-order valence-electron chi connectivity index (χ3n) is 2.26. The average molecular weight is 372 g/mol. The van der Waals surface area contributed by atoms with Crippen LogP contribution in [0, 0.1) is 3.57 Å². The Morgan fingerprint density at radius 3 is 2.84 bits per heavy atom. The van der Waals surface area contributed by atoms with E-state index in [1.54, 1.807) is 18.3 Å². The fourth-order valence-corrected chi connectivity index (χ4v) is 1.83. The summed E-state index contributed by atoms with van der Waals surface area (Å²) < 4.78 is 11.3. The molecule has 2 aromatic rings. The lowest BCUT2D eigenvalue weighted by molar-refractivity contribution is 0.0693. The molecule has 0 bridgehead atoms. The average Bonchev–Trinajstić information content (AvgIpc) is 2.41. The standard InChI is InChI=1S/C12H9IN2O4/c1-18-9-4-2-3-7(12(16)17)10(9)19-11-8(13)5-14-6-15-11/h2-6H,1H3,(H,16,17). The predicted octanol–water partition coefficient (Wildman–Crippen LogP) is 2.58. The van der Waals surface area contributed by atoms with E-state index < -0.39 is 5.97 Å². The van der Waals surface area contributed by atoms with E-state index in [-0.39, 0.29) is 17.2 Å². The summed E-state index contributed by atoms with van der Waals surface area (Å²) in [6.45, 7) is 0. The Morgan fingerprint density at radius 2 is 2.21 bits per heavy atom. The lowest BCUT2D eigenvalue weighted by Crippen LogP contribution is -2.03. The minimum atomic E-state index is -1.10. The molecule has 0 radical (unpaired) electrons. The van der Waals surface area contributed by atoms with Crippen LogP contribution in [0.3, 0.4) is 0 Å². The second kappa shape index (κ2) is 5.83. The molecule has 6 nitrogen and oxygen atoms in total. The number of hydrogen-bond donors (Lipinski definition) is 1. The monoisotopic (exact) mass is 372 g/mol. The van der Waals surface area contributed by atoms with E-state index in [1.165, 1.54) is 19.5 Å². The summed E-state index contributed by atoms with van der Waals surface area (Å²) in [6, 6.07) is 4.64. The number of aromatic nitrogens is 2. The molecule has 7 heteroatoms. The highest BCUT2D eigenvalue weighted by Gasteiger charge is 2.18. The summed E-state index contributed by atoms with van der Waals surface area (Å²) in [5, 5.41) is 9.16. The first-order chi connectivity index (χ1) is 9.13. The summed E-state index contributed by atoms with van der Waals surface area (Å²) in [7, 11) is 1.44. The van der Waals surface area contributed by atoms with Gasteiger partial charge in [-0.05, 0) is 34.7 Å². The Balaban J connectivity index is 2.49. The molecule has 0 aliphatic heterocycles. The number of carboxylic acid groups (broad SMARTS) is 1. The van der Waals surface area contributed by atoms with E-state index in [9.17, 15) is 4.79 Å². The summed E-state index contributed by atoms with van der Waals surface area (Å²) in [4.78, 5) is 19.0. The quantitative estimate of drug-likeness (QED) is 0.831. The Hall–Kier alpha value is -1.90. The first kappa shape index (κ1) is 13.5. The van der Waals surface area contributed by atoms with Gasteiger partial charge < -0.3 is 14.6 Å². The van der Waals surface area contributed by atoms with Gasteiger partial charge in [-0.3, -0.25) is 0 Å². The van der Waals surface area contributed by atoms with E-state index in [1.807, 2.05) is 22.6 Å². The van der Waals surface area contributed by atoms with Crippen molar-refractivity contribution in [2.24, 2.45) is 0 Å². The van der Waals surface area contributed by atoms with Gasteiger partial charge in [-0.15, -0.1) is 0 Å². The maximum atomic E-state index is 11.2. The molecule has 0 spiro atoms. The van der Waals surface area contributed by atoms with E-state index in [0.717, 1.165) is 0 Å². The van der Waals surface area contributed by atoms with Crippen LogP contribution in [-0.2, 0) is 0 Å². The van der Waals surface area contributed by atoms with Crippen LogP contribution in [0.2, 0.25) is 0 Å². The molecule has 0 aliphatic rings. The zero-order chi connectivity index (χ0) is 13.8. The molecule has 0 aliphatic carbocycles. The van der Waals surface area contributed by atoms with Gasteiger partial charge in [0.15, 0.2) is 11.5 Å². The van der Waals surface area contributed by atoms with E-state index in [4.69, 9.17) is 14.6 Å². The number of benzene rings is 1. The molecule has 0 atom stereocenters. The second-order valence-electron chi connectivity index (χ2n) is 3.42. The summed E-state index contributed by atoms with van der Waals surface area (Å²) >= 11 is 2.00. The van der Waals surface area contributed by atoms with Crippen molar-refractivity contribution in [1.29, 1.82) is 0 Å². The highest BCUT2D eigenvalue weighted by atomic mass is 127. The van der Waals surface area contributed by atoms with Crippen molar-refractivity contribution in [3.8, 4) is 17.4 Å². The molecule has 1 heterocycles. The van der Waals surface area contributed by atoms with Gasteiger partial charge in [0.05, 0.1) is 10.7 Å². The zero-order valence-corrected chi connectivity index (χ0v) is 12.0. The minimum absolute atomic E-state index is 0.00811. The lowest BCUT2D eigenvalue weighted by atomic mass is 10.2. The molecular formula is C12H9IN2O4. The Bertz CT molecular complexity index is 618. The van der Waals surface area contributed by atoms with Crippen LogP contribution in [0.5, 0.6) is 17.4 Å². The number of ether oxygens (including phenoxy) is 2. The van der Waals surface area contributed by atoms with Gasteiger partial charge in [0, 0.05) is 6.20 Å². The first-order valence-corrected chi connectivity index (χ1v) is 6.25. The van der Waals surface area contributed by atoms with Crippen LogP contribution < -0.4 is 9.47 Å². The highest BCUT2D eigenvalue weighted by molar-refractivity contribution is 14.1. The zero-order valence-electron chi connectivity index (χ0n) is 9.83. The van der Waals surface area contributed by atoms with Crippen molar-refractivity contribution in [2.45, 2.75) is 0 Å². The molecule has 0 unspecified atom stereocenters. The molecule has 19 heavy (non-hydrogen) atoms. The van der Waals surface area contributed by atoms with Crippen molar-refractivity contribution in [2.75, 3.05) is 7.11 Å². The van der Waals surface area contributed by atoms with Gasteiger partial charge in [0.1, 0.15) is 11.9 Å². The van der Waals surface area contributed by atoms with Gasteiger partial charge in [0.25, 0.3) is 0 Å². The second-order valence-corrected chi connectivity index (χ2v) is 4.58. The number of methoxy groups -OCH3 is 1.